The lowest BCUT2D eigenvalue weighted by Crippen LogP contribution is -2.60. The second-order valence-corrected chi connectivity index (χ2v) is 11.3. The summed E-state index contributed by atoms with van der Waals surface area (Å²) in [5.74, 6) is 1.19. The van der Waals surface area contributed by atoms with Gasteiger partial charge in [-0.05, 0) is 40.5 Å². The first-order valence-corrected chi connectivity index (χ1v) is 14.2. The minimum atomic E-state index is -4.72. The van der Waals surface area contributed by atoms with Crippen LogP contribution in [0.5, 0.6) is 0 Å². The van der Waals surface area contributed by atoms with Crippen LogP contribution in [0.2, 0.25) is 0 Å². The third-order valence-corrected chi connectivity index (χ3v) is 8.78. The summed E-state index contributed by atoms with van der Waals surface area (Å²) in [5.41, 5.74) is 5.12. The SMILES string of the molecule is [O-][Cl+3]([O-])([O-])OS1=C(/C=C2/OC(c3ccccc3)=Cc3ccccc32)c2ccccc2C=C1c1ccccc1. The quantitative estimate of drug-likeness (QED) is 0.277. The van der Waals surface area contributed by atoms with Crippen LogP contribution in [0.3, 0.4) is 0 Å². The second kappa shape index (κ2) is 10.2. The van der Waals surface area contributed by atoms with Crippen molar-refractivity contribution in [3.8, 4) is 0 Å². The van der Waals surface area contributed by atoms with E-state index in [0.717, 1.165) is 33.4 Å². The Morgan fingerprint density at radius 2 is 1.18 bits per heavy atom. The van der Waals surface area contributed by atoms with Gasteiger partial charge in [-0.1, -0.05) is 109 Å². The summed E-state index contributed by atoms with van der Waals surface area (Å²) in [7, 11) is -6.27. The zero-order valence-electron chi connectivity index (χ0n) is 20.0. The van der Waals surface area contributed by atoms with E-state index >= 15 is 0 Å². The highest BCUT2D eigenvalue weighted by molar-refractivity contribution is 8.20. The van der Waals surface area contributed by atoms with Gasteiger partial charge in [-0.2, -0.15) is 14.0 Å². The molecule has 0 aromatic heterocycles. The standard InChI is InChI=1S/C31H21ClO5S/c33-32(34,35)37-38-30(23-13-5-2-6-14-23)20-25-16-8-10-18-27(25)31(38)21-29-26-17-9-7-15-24(26)19-28(36-29)22-11-3-1-4-12-22/h1-21H/b29-21+. The van der Waals surface area contributed by atoms with Crippen LogP contribution in [0.1, 0.15) is 33.4 Å². The Morgan fingerprint density at radius 1 is 0.632 bits per heavy atom. The number of hydrogen-bond acceptors (Lipinski definition) is 5. The summed E-state index contributed by atoms with van der Waals surface area (Å²) in [4.78, 5) is 1.12. The average Bonchev–Trinajstić information content (AvgIpc) is 2.94. The van der Waals surface area contributed by atoms with Crippen LogP contribution in [0, 0.1) is 10.2 Å². The Bertz CT molecular complexity index is 1630. The van der Waals surface area contributed by atoms with Crippen LogP contribution in [0.25, 0.3) is 28.6 Å². The van der Waals surface area contributed by atoms with Crippen molar-refractivity contribution in [2.75, 3.05) is 0 Å². The molecule has 0 spiro atoms. The number of ether oxygens (including phenoxy) is 1. The first kappa shape index (κ1) is 24.6. The van der Waals surface area contributed by atoms with Gasteiger partial charge in [-0.3, -0.25) is 0 Å². The highest BCUT2D eigenvalue weighted by atomic mass is 35.7. The highest BCUT2D eigenvalue weighted by Gasteiger charge is 2.33. The first-order valence-electron chi connectivity index (χ1n) is 11.8. The van der Waals surface area contributed by atoms with Crippen molar-refractivity contribution in [1.82, 2.24) is 0 Å². The molecule has 4 aromatic rings. The van der Waals surface area contributed by atoms with Crippen LogP contribution < -0.4 is 14.0 Å². The van der Waals surface area contributed by atoms with Crippen molar-refractivity contribution in [3.63, 3.8) is 0 Å². The molecule has 0 saturated carbocycles. The average molecular weight is 541 g/mol. The molecule has 188 valence electrons. The van der Waals surface area contributed by atoms with E-state index in [-0.39, 0.29) is 0 Å². The Hall–Kier alpha value is -3.75. The molecule has 2 heterocycles. The lowest BCUT2D eigenvalue weighted by atomic mass is 9.97. The molecule has 0 radical (unpaired) electrons. The molecule has 0 aliphatic carbocycles. The van der Waals surface area contributed by atoms with Crippen molar-refractivity contribution >= 4 is 44.2 Å². The maximum absolute atomic E-state index is 12.0. The number of rotatable bonds is 5. The molecule has 0 amide bonds. The Morgan fingerprint density at radius 3 is 1.84 bits per heavy atom. The molecule has 2 aliphatic heterocycles. The summed E-state index contributed by atoms with van der Waals surface area (Å²) in [6, 6.07) is 34.5. The smallest absolute Gasteiger partial charge is 0.148 e. The molecule has 0 N–H and O–H groups in total. The molecule has 5 nitrogen and oxygen atoms in total. The van der Waals surface area contributed by atoms with Gasteiger partial charge in [-0.25, -0.2) is 0 Å². The Balaban J connectivity index is 1.59. The molecule has 1 atom stereocenters. The van der Waals surface area contributed by atoms with Gasteiger partial charge in [0.25, 0.3) is 0 Å². The minimum Gasteiger partial charge on any atom is -0.456 e. The van der Waals surface area contributed by atoms with Gasteiger partial charge in [0.15, 0.2) is 0 Å². The lowest BCUT2D eigenvalue weighted by Gasteiger charge is -2.24. The fourth-order valence-corrected chi connectivity index (χ4v) is 7.07. The zero-order valence-corrected chi connectivity index (χ0v) is 21.5. The number of fused-ring (bicyclic) bond motifs is 2. The summed E-state index contributed by atoms with van der Waals surface area (Å²) in [6.45, 7) is 0. The number of halogens is 1. The molecule has 0 fully saturated rings. The van der Waals surface area contributed by atoms with Crippen LogP contribution in [-0.4, -0.2) is 4.86 Å². The molecule has 38 heavy (non-hydrogen) atoms. The molecule has 1 unspecified atom stereocenters. The lowest BCUT2D eigenvalue weighted by molar-refractivity contribution is -1.91. The van der Waals surface area contributed by atoms with E-state index in [1.165, 1.54) is 0 Å². The second-order valence-electron chi connectivity index (χ2n) is 8.61. The molecule has 0 saturated heterocycles. The number of hydrogen-bond donors (Lipinski definition) is 0. The largest absolute Gasteiger partial charge is 0.456 e. The van der Waals surface area contributed by atoms with Gasteiger partial charge in [0, 0.05) is 11.1 Å². The zero-order chi connectivity index (χ0) is 26.1. The van der Waals surface area contributed by atoms with Crippen LogP contribution >= 0.6 is 10.8 Å². The Kier molecular flexibility index (Phi) is 6.59. The van der Waals surface area contributed by atoms with E-state index in [1.54, 1.807) is 6.08 Å². The summed E-state index contributed by atoms with van der Waals surface area (Å²) in [6.07, 6.45) is 5.66. The third-order valence-electron chi connectivity index (χ3n) is 6.16. The molecular formula is C31H21ClO5S. The topological polar surface area (TPSA) is 87.6 Å². The third kappa shape index (κ3) is 5.01. The predicted octanol–water partition coefficient (Wildman–Crippen LogP) is 4.39. The monoisotopic (exact) mass is 540 g/mol. The van der Waals surface area contributed by atoms with Crippen molar-refractivity contribution in [1.29, 1.82) is 0 Å². The molecule has 0 bridgehead atoms. The van der Waals surface area contributed by atoms with E-state index in [4.69, 9.17) is 8.47 Å². The van der Waals surface area contributed by atoms with Gasteiger partial charge in [0.05, 0.1) is 20.0 Å². The van der Waals surface area contributed by atoms with Crippen molar-refractivity contribution in [2.45, 2.75) is 0 Å². The van der Waals surface area contributed by atoms with Gasteiger partial charge in [0.1, 0.15) is 26.0 Å². The van der Waals surface area contributed by atoms with Crippen LogP contribution in [0.15, 0.2) is 115 Å². The van der Waals surface area contributed by atoms with E-state index in [9.17, 15) is 14.0 Å². The summed E-state index contributed by atoms with van der Waals surface area (Å²) < 4.78 is 47.6. The predicted molar refractivity (Wildman–Crippen MR) is 143 cm³/mol. The van der Waals surface area contributed by atoms with Gasteiger partial charge in [0.2, 0.25) is 0 Å². The molecule has 6 rings (SSSR count). The molecular weight excluding hydrogens is 520 g/mol. The van der Waals surface area contributed by atoms with E-state index < -0.39 is 21.0 Å². The van der Waals surface area contributed by atoms with Crippen molar-refractivity contribution in [2.24, 2.45) is 0 Å². The molecule has 7 heteroatoms. The molecule has 4 aromatic carbocycles. The van der Waals surface area contributed by atoms with Gasteiger partial charge < -0.3 is 4.74 Å². The minimum absolute atomic E-state index is 0.530. The number of benzene rings is 4. The van der Waals surface area contributed by atoms with Crippen LogP contribution in [0.4, 0.5) is 0 Å². The Labute approximate surface area is 225 Å². The summed E-state index contributed by atoms with van der Waals surface area (Å²) in [5, 5.41) is 0. The maximum Gasteiger partial charge on any atom is 0.148 e. The van der Waals surface area contributed by atoms with E-state index in [2.05, 4.69) is 0 Å². The van der Waals surface area contributed by atoms with Gasteiger partial charge >= 0.3 is 0 Å². The fraction of sp³-hybridized carbons (Fsp3) is 0. The maximum atomic E-state index is 12.0. The normalized spacial score (nSPS) is 17.7. The number of allylic oxidation sites excluding steroid dienone is 1. The van der Waals surface area contributed by atoms with Crippen LogP contribution in [-0.2, 0) is 8.47 Å². The first-order chi connectivity index (χ1) is 18.5. The summed E-state index contributed by atoms with van der Waals surface area (Å²) >= 11 is 0. The highest BCUT2D eigenvalue weighted by Crippen LogP contribution is 2.46. The van der Waals surface area contributed by atoms with Crippen molar-refractivity contribution in [3.05, 3.63) is 149 Å². The fourth-order valence-electron chi connectivity index (χ4n) is 4.49. The van der Waals surface area contributed by atoms with E-state index in [0.29, 0.717) is 21.3 Å². The van der Waals surface area contributed by atoms with E-state index in [1.807, 2.05) is 121 Å². The van der Waals surface area contributed by atoms with Crippen molar-refractivity contribution < 1.29 is 32.7 Å². The molecule has 2 aliphatic rings. The van der Waals surface area contributed by atoms with Gasteiger partial charge in [-0.15, -0.1) is 0 Å².